The van der Waals surface area contributed by atoms with Gasteiger partial charge in [-0.25, -0.2) is 13.1 Å². The van der Waals surface area contributed by atoms with E-state index in [9.17, 15) is 13.2 Å². The van der Waals surface area contributed by atoms with Crippen molar-refractivity contribution < 1.29 is 13.2 Å². The average Bonchev–Trinajstić information content (AvgIpc) is 3.25. The summed E-state index contributed by atoms with van der Waals surface area (Å²) in [6.45, 7) is 7.37. The first-order chi connectivity index (χ1) is 14.0. The number of likely N-dealkylation sites (tertiary alicyclic amines) is 1. The minimum Gasteiger partial charge on any atom is -0.348 e. The minimum atomic E-state index is -3.59. The maximum atomic E-state index is 12.4. The van der Waals surface area contributed by atoms with Crippen molar-refractivity contribution in [1.82, 2.24) is 14.9 Å². The molecule has 1 aliphatic heterocycles. The number of benzene rings is 2. The van der Waals surface area contributed by atoms with Crippen LogP contribution in [0.2, 0.25) is 0 Å². The molecular weight excluding hydrogens is 386 g/mol. The van der Waals surface area contributed by atoms with E-state index >= 15 is 0 Å². The second-order valence-corrected chi connectivity index (χ2v) is 8.91. The highest BCUT2D eigenvalue weighted by molar-refractivity contribution is 7.89. The number of hydrogen-bond acceptors (Lipinski definition) is 4. The summed E-state index contributed by atoms with van der Waals surface area (Å²) in [6, 6.07) is 14.2. The molecule has 1 saturated heterocycles. The lowest BCUT2D eigenvalue weighted by molar-refractivity contribution is 0.0951. The van der Waals surface area contributed by atoms with Gasteiger partial charge in [-0.3, -0.25) is 9.69 Å². The van der Waals surface area contributed by atoms with E-state index in [0.29, 0.717) is 12.1 Å². The number of nitrogens with zero attached hydrogens (tertiary/aromatic N) is 1. The molecule has 1 amide bonds. The van der Waals surface area contributed by atoms with E-state index in [4.69, 9.17) is 0 Å². The molecule has 1 fully saturated rings. The van der Waals surface area contributed by atoms with Crippen LogP contribution < -0.4 is 10.0 Å². The Hall–Kier alpha value is -2.48. The van der Waals surface area contributed by atoms with Crippen LogP contribution in [-0.2, 0) is 23.1 Å². The SMILES string of the molecule is C=CCNS(=O)(=O)c1ccc(C(=O)NCc2ccc(CN3CCCC3)cc2)cc1. The zero-order valence-electron chi connectivity index (χ0n) is 16.4. The number of carbonyl (C=O) groups excluding carboxylic acids is 1. The van der Waals surface area contributed by atoms with Gasteiger partial charge in [0, 0.05) is 25.2 Å². The van der Waals surface area contributed by atoms with Crippen LogP contribution >= 0.6 is 0 Å². The highest BCUT2D eigenvalue weighted by atomic mass is 32.2. The average molecular weight is 414 g/mol. The molecule has 6 nitrogen and oxygen atoms in total. The minimum absolute atomic E-state index is 0.115. The van der Waals surface area contributed by atoms with Gasteiger partial charge < -0.3 is 5.32 Å². The van der Waals surface area contributed by atoms with Gasteiger partial charge in [0.1, 0.15) is 0 Å². The van der Waals surface area contributed by atoms with Crippen LogP contribution in [0.25, 0.3) is 0 Å². The number of amides is 1. The molecule has 7 heteroatoms. The summed E-state index contributed by atoms with van der Waals surface area (Å²) < 4.78 is 26.5. The maximum Gasteiger partial charge on any atom is 0.251 e. The standard InChI is InChI=1S/C22H27N3O3S/c1-2-13-24-29(27,28)21-11-9-20(10-12-21)22(26)23-16-18-5-7-19(8-6-18)17-25-14-3-4-15-25/h2,5-12,24H,1,3-4,13-17H2,(H,23,26). The van der Waals surface area contributed by atoms with Crippen LogP contribution in [0.15, 0.2) is 66.1 Å². The third-order valence-electron chi connectivity index (χ3n) is 4.93. The smallest absolute Gasteiger partial charge is 0.251 e. The molecule has 0 atom stereocenters. The summed E-state index contributed by atoms with van der Waals surface area (Å²) in [6.07, 6.45) is 4.03. The van der Waals surface area contributed by atoms with Gasteiger partial charge in [-0.1, -0.05) is 30.3 Å². The Labute approximate surface area is 172 Å². The van der Waals surface area contributed by atoms with Gasteiger partial charge in [-0.15, -0.1) is 6.58 Å². The number of hydrogen-bond donors (Lipinski definition) is 2. The van der Waals surface area contributed by atoms with Crippen molar-refractivity contribution in [2.24, 2.45) is 0 Å². The fraction of sp³-hybridized carbons (Fsp3) is 0.318. The number of nitrogens with one attached hydrogen (secondary N) is 2. The monoisotopic (exact) mass is 413 g/mol. The molecule has 1 aliphatic rings. The Bertz CT molecular complexity index is 932. The van der Waals surface area contributed by atoms with Gasteiger partial charge >= 0.3 is 0 Å². The summed E-state index contributed by atoms with van der Waals surface area (Å²) in [5.74, 6) is -0.242. The molecule has 154 valence electrons. The molecule has 2 N–H and O–H groups in total. The van der Waals surface area contributed by atoms with Crippen molar-refractivity contribution in [2.75, 3.05) is 19.6 Å². The van der Waals surface area contributed by atoms with Crippen molar-refractivity contribution in [3.63, 3.8) is 0 Å². The van der Waals surface area contributed by atoms with Gasteiger partial charge in [-0.2, -0.15) is 0 Å². The van der Waals surface area contributed by atoms with E-state index in [-0.39, 0.29) is 17.3 Å². The second kappa shape index (κ2) is 9.82. The fourth-order valence-corrected chi connectivity index (χ4v) is 4.28. The highest BCUT2D eigenvalue weighted by Crippen LogP contribution is 2.14. The Kier molecular flexibility index (Phi) is 7.19. The van der Waals surface area contributed by atoms with Crippen LogP contribution in [0.5, 0.6) is 0 Å². The summed E-state index contributed by atoms with van der Waals surface area (Å²) >= 11 is 0. The van der Waals surface area contributed by atoms with Gasteiger partial charge in [0.2, 0.25) is 10.0 Å². The van der Waals surface area contributed by atoms with Crippen LogP contribution in [0.4, 0.5) is 0 Å². The maximum absolute atomic E-state index is 12.4. The van der Waals surface area contributed by atoms with Crippen molar-refractivity contribution in [2.45, 2.75) is 30.8 Å². The lowest BCUT2D eigenvalue weighted by Crippen LogP contribution is -2.25. The summed E-state index contributed by atoms with van der Waals surface area (Å²) in [5, 5.41) is 2.87. The topological polar surface area (TPSA) is 78.5 Å². The van der Waals surface area contributed by atoms with Crippen molar-refractivity contribution in [1.29, 1.82) is 0 Å². The van der Waals surface area contributed by atoms with Crippen molar-refractivity contribution in [3.8, 4) is 0 Å². The van der Waals surface area contributed by atoms with E-state index in [0.717, 1.165) is 12.1 Å². The Balaban J connectivity index is 1.53. The molecule has 0 aromatic heterocycles. The molecule has 1 heterocycles. The first kappa shape index (κ1) is 21.2. The van der Waals surface area contributed by atoms with Gasteiger partial charge in [0.25, 0.3) is 5.91 Å². The quantitative estimate of drug-likeness (QED) is 0.620. The van der Waals surface area contributed by atoms with Gasteiger partial charge in [0.05, 0.1) is 4.90 Å². The first-order valence-corrected chi connectivity index (χ1v) is 11.3. The van der Waals surface area contributed by atoms with Crippen LogP contribution in [0, 0.1) is 0 Å². The predicted octanol–water partition coefficient (Wildman–Crippen LogP) is 2.68. The molecule has 0 spiro atoms. The summed E-state index contributed by atoms with van der Waals surface area (Å²) in [5.41, 5.74) is 2.72. The molecule has 0 saturated carbocycles. The molecule has 0 aliphatic carbocycles. The largest absolute Gasteiger partial charge is 0.348 e. The van der Waals surface area contributed by atoms with Crippen molar-refractivity contribution in [3.05, 3.63) is 77.9 Å². The summed E-state index contributed by atoms with van der Waals surface area (Å²) in [4.78, 5) is 14.9. The first-order valence-electron chi connectivity index (χ1n) is 9.77. The zero-order valence-corrected chi connectivity index (χ0v) is 17.2. The Morgan fingerprint density at radius 2 is 1.62 bits per heavy atom. The third kappa shape index (κ3) is 6.00. The van der Waals surface area contributed by atoms with E-state index in [2.05, 4.69) is 33.7 Å². The fourth-order valence-electron chi connectivity index (χ4n) is 3.28. The van der Waals surface area contributed by atoms with E-state index in [1.807, 2.05) is 12.1 Å². The third-order valence-corrected chi connectivity index (χ3v) is 6.36. The van der Waals surface area contributed by atoms with Gasteiger partial charge in [-0.05, 0) is 61.3 Å². The molecule has 0 radical (unpaired) electrons. The Morgan fingerprint density at radius 3 is 2.24 bits per heavy atom. The molecule has 3 rings (SSSR count). The van der Waals surface area contributed by atoms with Crippen LogP contribution in [0.3, 0.4) is 0 Å². The zero-order chi connectivity index (χ0) is 20.7. The normalized spacial score (nSPS) is 14.6. The molecular formula is C22H27N3O3S. The number of rotatable bonds is 9. The molecule has 0 unspecified atom stereocenters. The lowest BCUT2D eigenvalue weighted by Gasteiger charge is -2.14. The predicted molar refractivity (Wildman–Crippen MR) is 114 cm³/mol. The van der Waals surface area contributed by atoms with E-state index in [1.165, 1.54) is 61.8 Å². The van der Waals surface area contributed by atoms with E-state index < -0.39 is 10.0 Å². The van der Waals surface area contributed by atoms with Crippen molar-refractivity contribution >= 4 is 15.9 Å². The van der Waals surface area contributed by atoms with Gasteiger partial charge in [0.15, 0.2) is 0 Å². The Morgan fingerprint density at radius 1 is 1.00 bits per heavy atom. The molecule has 2 aromatic carbocycles. The lowest BCUT2D eigenvalue weighted by atomic mass is 10.1. The van der Waals surface area contributed by atoms with Crippen LogP contribution in [-0.4, -0.2) is 38.9 Å². The molecule has 29 heavy (non-hydrogen) atoms. The molecule has 0 bridgehead atoms. The van der Waals surface area contributed by atoms with Crippen LogP contribution in [0.1, 0.15) is 34.3 Å². The molecule has 2 aromatic rings. The van der Waals surface area contributed by atoms with E-state index in [1.54, 1.807) is 0 Å². The number of carbonyl (C=O) groups is 1. The summed E-state index contributed by atoms with van der Waals surface area (Å²) in [7, 11) is -3.59. The number of sulfonamides is 1. The second-order valence-electron chi connectivity index (χ2n) is 7.15. The highest BCUT2D eigenvalue weighted by Gasteiger charge is 2.14.